The molecule has 3 rings (SSSR count). The van der Waals surface area contributed by atoms with Crippen LogP contribution in [0.2, 0.25) is 0 Å². The summed E-state index contributed by atoms with van der Waals surface area (Å²) < 4.78 is 10.5. The Labute approximate surface area is 135 Å². The number of hydrogen-bond acceptors (Lipinski definition) is 4. The van der Waals surface area contributed by atoms with Crippen LogP contribution in [0.4, 0.5) is 4.79 Å². The number of amides is 1. The lowest BCUT2D eigenvalue weighted by Gasteiger charge is -2.23. The lowest BCUT2D eigenvalue weighted by molar-refractivity contribution is -0.0671. The van der Waals surface area contributed by atoms with E-state index in [4.69, 9.17) is 9.47 Å². The first kappa shape index (κ1) is 15.5. The first-order valence-corrected chi connectivity index (χ1v) is 7.55. The van der Waals surface area contributed by atoms with Crippen molar-refractivity contribution in [3.8, 4) is 0 Å². The zero-order valence-electron chi connectivity index (χ0n) is 12.7. The quantitative estimate of drug-likeness (QED) is 0.942. The highest BCUT2D eigenvalue weighted by atomic mass is 16.6. The fourth-order valence-electron chi connectivity index (χ4n) is 2.57. The number of nitrogens with zero attached hydrogens (tertiary/aromatic N) is 1. The Balaban J connectivity index is 1.62. The minimum absolute atomic E-state index is 0.0340. The Morgan fingerprint density at radius 2 is 1.70 bits per heavy atom. The molecular weight excluding hydrogens is 294 g/mol. The molecule has 1 saturated heterocycles. The van der Waals surface area contributed by atoms with Crippen molar-refractivity contribution in [2.45, 2.75) is 25.4 Å². The van der Waals surface area contributed by atoms with Gasteiger partial charge in [0.05, 0.1) is 6.04 Å². The van der Waals surface area contributed by atoms with Gasteiger partial charge in [-0.3, -0.25) is 4.90 Å². The van der Waals surface area contributed by atoms with E-state index in [0.717, 1.165) is 11.1 Å². The molecule has 1 amide bonds. The molecule has 2 aromatic rings. The topological polar surface area (TPSA) is 59.0 Å². The van der Waals surface area contributed by atoms with Crippen LogP contribution >= 0.6 is 0 Å². The molecule has 0 aliphatic carbocycles. The molecule has 1 N–H and O–H groups in total. The van der Waals surface area contributed by atoms with Gasteiger partial charge in [0.25, 0.3) is 0 Å². The van der Waals surface area contributed by atoms with E-state index in [0.29, 0.717) is 6.42 Å². The molecule has 1 fully saturated rings. The molecule has 1 aliphatic rings. The molecule has 0 spiro atoms. The normalized spacial score (nSPS) is 20.5. The van der Waals surface area contributed by atoms with E-state index in [-0.39, 0.29) is 13.3 Å². The van der Waals surface area contributed by atoms with Gasteiger partial charge in [-0.15, -0.1) is 0 Å². The Morgan fingerprint density at radius 1 is 1.09 bits per heavy atom. The van der Waals surface area contributed by atoms with Crippen LogP contribution in [0.15, 0.2) is 60.7 Å². The van der Waals surface area contributed by atoms with Crippen molar-refractivity contribution in [2.24, 2.45) is 0 Å². The van der Waals surface area contributed by atoms with Crippen LogP contribution in [-0.4, -0.2) is 35.2 Å². The fraction of sp³-hybridized carbons (Fsp3) is 0.278. The molecule has 23 heavy (non-hydrogen) atoms. The van der Waals surface area contributed by atoms with Crippen molar-refractivity contribution in [3.05, 3.63) is 71.8 Å². The molecule has 2 aromatic carbocycles. The average Bonchev–Trinajstić information content (AvgIpc) is 2.95. The molecule has 1 aliphatic heterocycles. The standard InChI is InChI=1S/C18H19NO4/c20-17-16(11-14-7-3-1-4-8-14)19(13-23-17)18(21)22-12-15-9-5-2-6-10-15/h1-10,16-17,20H,11-13H2/t16-,17?/m0/s1. The van der Waals surface area contributed by atoms with Gasteiger partial charge < -0.3 is 14.6 Å². The summed E-state index contributed by atoms with van der Waals surface area (Å²) >= 11 is 0. The van der Waals surface area contributed by atoms with Gasteiger partial charge in [0.1, 0.15) is 13.3 Å². The van der Waals surface area contributed by atoms with E-state index < -0.39 is 18.4 Å². The molecule has 1 unspecified atom stereocenters. The van der Waals surface area contributed by atoms with Gasteiger partial charge in [0.15, 0.2) is 6.29 Å². The molecular formula is C18H19NO4. The summed E-state index contributed by atoms with van der Waals surface area (Å²) in [5.74, 6) is 0. The summed E-state index contributed by atoms with van der Waals surface area (Å²) in [4.78, 5) is 13.7. The fourth-order valence-corrected chi connectivity index (χ4v) is 2.57. The van der Waals surface area contributed by atoms with Crippen molar-refractivity contribution < 1.29 is 19.4 Å². The maximum absolute atomic E-state index is 12.3. The van der Waals surface area contributed by atoms with Crippen molar-refractivity contribution in [1.29, 1.82) is 0 Å². The smallest absolute Gasteiger partial charge is 0.412 e. The van der Waals surface area contributed by atoms with Crippen molar-refractivity contribution in [2.75, 3.05) is 6.73 Å². The first-order chi connectivity index (χ1) is 11.2. The number of carbonyl (C=O) groups excluding carboxylic acids is 1. The third kappa shape index (κ3) is 3.88. The third-order valence-corrected chi connectivity index (χ3v) is 3.84. The SMILES string of the molecule is O=C(OCc1ccccc1)N1COC(O)[C@@H]1Cc1ccccc1. The van der Waals surface area contributed by atoms with Crippen molar-refractivity contribution in [1.82, 2.24) is 4.90 Å². The number of aliphatic hydroxyl groups is 1. The van der Waals surface area contributed by atoms with Gasteiger partial charge in [-0.25, -0.2) is 4.79 Å². The van der Waals surface area contributed by atoms with Gasteiger partial charge in [-0.1, -0.05) is 60.7 Å². The van der Waals surface area contributed by atoms with E-state index in [1.807, 2.05) is 60.7 Å². The Kier molecular flexibility index (Phi) is 4.90. The minimum Gasteiger partial charge on any atom is -0.444 e. The van der Waals surface area contributed by atoms with E-state index in [2.05, 4.69) is 0 Å². The summed E-state index contributed by atoms with van der Waals surface area (Å²) in [5, 5.41) is 9.98. The minimum atomic E-state index is -1.00. The van der Waals surface area contributed by atoms with Gasteiger partial charge >= 0.3 is 6.09 Å². The van der Waals surface area contributed by atoms with Crippen molar-refractivity contribution >= 4 is 6.09 Å². The molecule has 2 atom stereocenters. The molecule has 5 nitrogen and oxygen atoms in total. The van der Waals surface area contributed by atoms with Gasteiger partial charge in [-0.2, -0.15) is 0 Å². The van der Waals surface area contributed by atoms with Crippen molar-refractivity contribution in [3.63, 3.8) is 0 Å². The summed E-state index contributed by atoms with van der Waals surface area (Å²) in [7, 11) is 0. The monoisotopic (exact) mass is 313 g/mol. The second-order valence-corrected chi connectivity index (χ2v) is 5.45. The van der Waals surface area contributed by atoms with Crippen LogP contribution in [0, 0.1) is 0 Å². The predicted octanol–water partition coefficient (Wildman–Crippen LogP) is 2.54. The first-order valence-electron chi connectivity index (χ1n) is 7.55. The summed E-state index contributed by atoms with van der Waals surface area (Å²) in [6, 6.07) is 18.7. The second kappa shape index (κ2) is 7.26. The van der Waals surface area contributed by atoms with Crippen LogP contribution in [-0.2, 0) is 22.5 Å². The number of carbonyl (C=O) groups is 1. The van der Waals surface area contributed by atoms with Gasteiger partial charge in [-0.05, 0) is 17.5 Å². The molecule has 1 heterocycles. The Bertz CT molecular complexity index is 632. The van der Waals surface area contributed by atoms with Crippen LogP contribution < -0.4 is 0 Å². The van der Waals surface area contributed by atoms with E-state index >= 15 is 0 Å². The molecule has 5 heteroatoms. The van der Waals surface area contributed by atoms with Crippen LogP contribution in [0.1, 0.15) is 11.1 Å². The lowest BCUT2D eigenvalue weighted by atomic mass is 10.1. The van der Waals surface area contributed by atoms with Crippen LogP contribution in [0.25, 0.3) is 0 Å². The zero-order chi connectivity index (χ0) is 16.1. The van der Waals surface area contributed by atoms with E-state index in [9.17, 15) is 9.90 Å². The second-order valence-electron chi connectivity index (χ2n) is 5.45. The predicted molar refractivity (Wildman–Crippen MR) is 84.4 cm³/mol. The van der Waals surface area contributed by atoms with Gasteiger partial charge in [0.2, 0.25) is 0 Å². The van der Waals surface area contributed by atoms with Gasteiger partial charge in [0, 0.05) is 0 Å². The number of rotatable bonds is 4. The number of hydrogen-bond donors (Lipinski definition) is 1. The molecule has 0 saturated carbocycles. The largest absolute Gasteiger partial charge is 0.444 e. The van der Waals surface area contributed by atoms with E-state index in [1.54, 1.807) is 0 Å². The number of benzene rings is 2. The Hall–Kier alpha value is -2.37. The summed E-state index contributed by atoms with van der Waals surface area (Å²) in [6.07, 6.45) is -0.964. The maximum atomic E-state index is 12.3. The maximum Gasteiger partial charge on any atom is 0.412 e. The summed E-state index contributed by atoms with van der Waals surface area (Å²) in [5.41, 5.74) is 1.95. The van der Waals surface area contributed by atoms with Crippen LogP contribution in [0.3, 0.4) is 0 Å². The highest BCUT2D eigenvalue weighted by Crippen LogP contribution is 2.21. The molecule has 0 bridgehead atoms. The number of aliphatic hydroxyl groups excluding tert-OH is 1. The molecule has 120 valence electrons. The van der Waals surface area contributed by atoms with Crippen LogP contribution in [0.5, 0.6) is 0 Å². The highest BCUT2D eigenvalue weighted by Gasteiger charge is 2.37. The highest BCUT2D eigenvalue weighted by molar-refractivity contribution is 5.68. The zero-order valence-corrected chi connectivity index (χ0v) is 12.7. The average molecular weight is 313 g/mol. The molecule has 0 aromatic heterocycles. The third-order valence-electron chi connectivity index (χ3n) is 3.84. The summed E-state index contributed by atoms with van der Waals surface area (Å²) in [6.45, 7) is 0.233. The lowest BCUT2D eigenvalue weighted by Crippen LogP contribution is -2.41. The molecule has 0 radical (unpaired) electrons. The number of ether oxygens (including phenoxy) is 2. The van der Waals surface area contributed by atoms with E-state index in [1.165, 1.54) is 4.90 Å². The Morgan fingerprint density at radius 3 is 2.35 bits per heavy atom.